The first-order chi connectivity index (χ1) is 13.1. The fourth-order valence-electron chi connectivity index (χ4n) is 2.71. The molecule has 0 aromatic heterocycles. The summed E-state index contributed by atoms with van der Waals surface area (Å²) in [5.74, 6) is 0.354. The van der Waals surface area contributed by atoms with Gasteiger partial charge in [-0.05, 0) is 61.7 Å². The van der Waals surface area contributed by atoms with Crippen LogP contribution in [0.15, 0.2) is 54.6 Å². The van der Waals surface area contributed by atoms with Gasteiger partial charge in [0.15, 0.2) is 0 Å². The minimum atomic E-state index is -4.48. The van der Waals surface area contributed by atoms with E-state index < -0.39 is 11.7 Å². The predicted octanol–water partition coefficient (Wildman–Crippen LogP) is 6.44. The summed E-state index contributed by atoms with van der Waals surface area (Å²) in [6, 6.07) is 13.3. The van der Waals surface area contributed by atoms with E-state index in [9.17, 15) is 18.0 Å². The lowest BCUT2D eigenvalue weighted by atomic mass is 10.1. The Kier molecular flexibility index (Phi) is 5.52. The first-order valence-electron chi connectivity index (χ1n) is 8.53. The van der Waals surface area contributed by atoms with Gasteiger partial charge in [-0.15, -0.1) is 0 Å². The highest BCUT2D eigenvalue weighted by molar-refractivity contribution is 6.32. The van der Waals surface area contributed by atoms with Crippen molar-refractivity contribution in [1.29, 1.82) is 0 Å². The number of hydrogen-bond acceptors (Lipinski definition) is 2. The molecule has 0 bridgehead atoms. The molecule has 0 aliphatic rings. The Morgan fingerprint density at radius 2 is 1.79 bits per heavy atom. The van der Waals surface area contributed by atoms with Crippen LogP contribution in [0.25, 0.3) is 10.8 Å². The van der Waals surface area contributed by atoms with Crippen LogP contribution in [0.1, 0.15) is 29.8 Å². The Bertz CT molecular complexity index is 1030. The maximum absolute atomic E-state index is 12.8. The van der Waals surface area contributed by atoms with Gasteiger partial charge in [0.1, 0.15) is 11.5 Å². The van der Waals surface area contributed by atoms with Crippen molar-refractivity contribution in [3.8, 4) is 11.5 Å². The number of ether oxygens (including phenoxy) is 1. The van der Waals surface area contributed by atoms with E-state index in [0.717, 1.165) is 17.5 Å². The van der Waals surface area contributed by atoms with Crippen molar-refractivity contribution in [2.75, 3.05) is 0 Å². The van der Waals surface area contributed by atoms with Crippen molar-refractivity contribution in [2.24, 2.45) is 0 Å². The van der Waals surface area contributed by atoms with Crippen LogP contribution < -0.4 is 10.1 Å². The topological polar surface area (TPSA) is 38.3 Å². The quantitative estimate of drug-likeness (QED) is 0.540. The fraction of sp³-hybridized carbons (Fsp3) is 0.190. The lowest BCUT2D eigenvalue weighted by Gasteiger charge is -2.13. The van der Waals surface area contributed by atoms with E-state index in [0.29, 0.717) is 16.7 Å². The Morgan fingerprint density at radius 3 is 2.43 bits per heavy atom. The molecule has 0 radical (unpaired) electrons. The number of nitrogens with one attached hydrogen (secondary N) is 1. The molecule has 0 spiro atoms. The van der Waals surface area contributed by atoms with Crippen molar-refractivity contribution in [2.45, 2.75) is 26.1 Å². The summed E-state index contributed by atoms with van der Waals surface area (Å²) in [7, 11) is 0. The standard InChI is InChI=1S/C21H17ClF3NO2/c1-12(2)26-20(27)14-6-8-16-13(10-14)4-3-5-18(16)28-19-9-7-15(11-17(19)22)21(23,24)25/h3-12H,1-2H3,(H,26,27). The van der Waals surface area contributed by atoms with E-state index in [2.05, 4.69) is 5.32 Å². The minimum absolute atomic E-state index is 0.0136. The molecule has 0 saturated heterocycles. The summed E-state index contributed by atoms with van der Waals surface area (Å²) in [5, 5.41) is 4.15. The average Bonchev–Trinajstić information content (AvgIpc) is 2.61. The van der Waals surface area contributed by atoms with Crippen LogP contribution in [-0.4, -0.2) is 11.9 Å². The Balaban J connectivity index is 1.93. The molecule has 146 valence electrons. The van der Waals surface area contributed by atoms with Crippen LogP contribution in [0.4, 0.5) is 13.2 Å². The first kappa shape index (κ1) is 20.0. The van der Waals surface area contributed by atoms with E-state index in [1.54, 1.807) is 30.3 Å². The molecular weight excluding hydrogens is 391 g/mol. The van der Waals surface area contributed by atoms with Crippen LogP contribution in [0, 0.1) is 0 Å². The maximum atomic E-state index is 12.8. The number of carbonyl (C=O) groups is 1. The second kappa shape index (κ2) is 7.72. The van der Waals surface area contributed by atoms with Crippen molar-refractivity contribution in [3.05, 3.63) is 70.7 Å². The number of fused-ring (bicyclic) bond motifs is 1. The third-order valence-corrected chi connectivity index (χ3v) is 4.30. The summed E-state index contributed by atoms with van der Waals surface area (Å²) in [6.07, 6.45) is -4.48. The number of halogens is 4. The number of benzene rings is 3. The normalized spacial score (nSPS) is 11.7. The Hall–Kier alpha value is -2.73. The van der Waals surface area contributed by atoms with Gasteiger partial charge in [0.25, 0.3) is 5.91 Å². The number of alkyl halides is 3. The molecule has 3 aromatic carbocycles. The number of rotatable bonds is 4. The summed E-state index contributed by atoms with van der Waals surface area (Å²) < 4.78 is 44.1. The molecule has 3 aromatic rings. The molecule has 1 amide bonds. The second-order valence-corrected chi connectivity index (χ2v) is 6.97. The zero-order valence-electron chi connectivity index (χ0n) is 15.1. The van der Waals surface area contributed by atoms with E-state index >= 15 is 0 Å². The molecular formula is C21H17ClF3NO2. The van der Waals surface area contributed by atoms with E-state index in [4.69, 9.17) is 16.3 Å². The lowest BCUT2D eigenvalue weighted by molar-refractivity contribution is -0.137. The fourth-order valence-corrected chi connectivity index (χ4v) is 2.93. The number of hydrogen-bond donors (Lipinski definition) is 1. The highest BCUT2D eigenvalue weighted by Gasteiger charge is 2.31. The Morgan fingerprint density at radius 1 is 1.04 bits per heavy atom. The summed E-state index contributed by atoms with van der Waals surface area (Å²) >= 11 is 5.97. The van der Waals surface area contributed by atoms with Gasteiger partial charge in [0, 0.05) is 17.0 Å². The molecule has 28 heavy (non-hydrogen) atoms. The van der Waals surface area contributed by atoms with Crippen LogP contribution in [-0.2, 0) is 6.18 Å². The zero-order valence-corrected chi connectivity index (χ0v) is 15.9. The molecule has 0 atom stereocenters. The molecule has 1 N–H and O–H groups in total. The summed E-state index contributed by atoms with van der Waals surface area (Å²) in [5.41, 5.74) is -0.338. The molecule has 0 heterocycles. The molecule has 0 unspecified atom stereocenters. The average molecular weight is 408 g/mol. The molecule has 0 fully saturated rings. The van der Waals surface area contributed by atoms with Gasteiger partial charge >= 0.3 is 6.18 Å². The zero-order chi connectivity index (χ0) is 20.5. The second-order valence-electron chi connectivity index (χ2n) is 6.57. The van der Waals surface area contributed by atoms with Crippen LogP contribution in [0.5, 0.6) is 11.5 Å². The van der Waals surface area contributed by atoms with Crippen molar-refractivity contribution in [1.82, 2.24) is 5.32 Å². The van der Waals surface area contributed by atoms with Crippen molar-refractivity contribution in [3.63, 3.8) is 0 Å². The van der Waals surface area contributed by atoms with Gasteiger partial charge in [0.05, 0.1) is 10.6 Å². The molecule has 3 nitrogen and oxygen atoms in total. The van der Waals surface area contributed by atoms with E-state index in [1.165, 1.54) is 6.07 Å². The van der Waals surface area contributed by atoms with Gasteiger partial charge in [-0.25, -0.2) is 0 Å². The third kappa shape index (κ3) is 4.39. The number of amides is 1. The largest absolute Gasteiger partial charge is 0.455 e. The minimum Gasteiger partial charge on any atom is -0.455 e. The van der Waals surface area contributed by atoms with Gasteiger partial charge in [0.2, 0.25) is 0 Å². The molecule has 7 heteroatoms. The van der Waals surface area contributed by atoms with E-state index in [1.807, 2.05) is 19.9 Å². The number of carbonyl (C=O) groups excluding carboxylic acids is 1. The smallest absolute Gasteiger partial charge is 0.416 e. The van der Waals surface area contributed by atoms with Gasteiger partial charge < -0.3 is 10.1 Å². The molecule has 0 aliphatic heterocycles. The van der Waals surface area contributed by atoms with Crippen molar-refractivity contribution < 1.29 is 22.7 Å². The van der Waals surface area contributed by atoms with Crippen LogP contribution in [0.3, 0.4) is 0 Å². The predicted molar refractivity (Wildman–Crippen MR) is 103 cm³/mol. The maximum Gasteiger partial charge on any atom is 0.416 e. The van der Waals surface area contributed by atoms with Crippen LogP contribution in [0.2, 0.25) is 5.02 Å². The summed E-state index contributed by atoms with van der Waals surface area (Å²) in [4.78, 5) is 12.2. The Labute approximate surface area is 165 Å². The van der Waals surface area contributed by atoms with Crippen LogP contribution >= 0.6 is 11.6 Å². The highest BCUT2D eigenvalue weighted by atomic mass is 35.5. The van der Waals surface area contributed by atoms with Gasteiger partial charge in [-0.3, -0.25) is 4.79 Å². The molecule has 0 aliphatic carbocycles. The molecule has 0 saturated carbocycles. The highest BCUT2D eigenvalue weighted by Crippen LogP contribution is 2.38. The van der Waals surface area contributed by atoms with Gasteiger partial charge in [-0.1, -0.05) is 23.7 Å². The molecule has 3 rings (SSSR count). The SMILES string of the molecule is CC(C)NC(=O)c1ccc2c(Oc3ccc(C(F)(F)F)cc3Cl)cccc2c1. The van der Waals surface area contributed by atoms with E-state index in [-0.39, 0.29) is 22.7 Å². The summed E-state index contributed by atoms with van der Waals surface area (Å²) in [6.45, 7) is 3.75. The lowest BCUT2D eigenvalue weighted by Crippen LogP contribution is -2.29. The van der Waals surface area contributed by atoms with Gasteiger partial charge in [-0.2, -0.15) is 13.2 Å². The van der Waals surface area contributed by atoms with Crippen molar-refractivity contribution >= 4 is 28.3 Å². The third-order valence-electron chi connectivity index (χ3n) is 4.00. The monoisotopic (exact) mass is 407 g/mol. The first-order valence-corrected chi connectivity index (χ1v) is 8.91.